The van der Waals surface area contributed by atoms with Crippen LogP contribution in [0.2, 0.25) is 0 Å². The van der Waals surface area contributed by atoms with Crippen molar-refractivity contribution in [3.8, 4) is 17.6 Å². The molecule has 3 aromatic carbocycles. The second-order valence-electron chi connectivity index (χ2n) is 24.0. The summed E-state index contributed by atoms with van der Waals surface area (Å²) in [5.74, 6) is 4.50. The van der Waals surface area contributed by atoms with Gasteiger partial charge in [0.25, 0.3) is 0 Å². The molecule has 4 heterocycles. The molecule has 0 amide bonds. The van der Waals surface area contributed by atoms with Crippen LogP contribution in [0.3, 0.4) is 0 Å². The molecule has 5 aliphatic rings. The van der Waals surface area contributed by atoms with Crippen LogP contribution in [0.4, 0.5) is 0 Å². The van der Waals surface area contributed by atoms with Gasteiger partial charge in [-0.3, -0.25) is 9.59 Å². The van der Waals surface area contributed by atoms with Gasteiger partial charge in [-0.15, -0.1) is 0 Å². The number of aryl methyl sites for hydroxylation is 2. The molecule has 0 spiro atoms. The van der Waals surface area contributed by atoms with E-state index in [-0.39, 0.29) is 76.0 Å². The fourth-order valence-corrected chi connectivity index (χ4v) is 13.4. The lowest BCUT2D eigenvalue weighted by Gasteiger charge is -2.49. The zero-order valence-corrected chi connectivity index (χ0v) is 46.8. The third-order valence-corrected chi connectivity index (χ3v) is 18.0. The van der Waals surface area contributed by atoms with Crippen LogP contribution in [0, 0.1) is 29.6 Å². The Labute approximate surface area is 468 Å². The summed E-state index contributed by atoms with van der Waals surface area (Å²) in [4.78, 5) is 25.2. The van der Waals surface area contributed by atoms with Crippen LogP contribution in [0.1, 0.15) is 162 Å². The maximum Gasteiger partial charge on any atom is 0.303 e. The summed E-state index contributed by atoms with van der Waals surface area (Å²) in [5, 5.41) is 123. The van der Waals surface area contributed by atoms with E-state index in [1.807, 2.05) is 38.1 Å². The van der Waals surface area contributed by atoms with Gasteiger partial charge >= 0.3 is 11.9 Å². The second kappa shape index (κ2) is 28.7. The summed E-state index contributed by atoms with van der Waals surface area (Å²) in [5.41, 5.74) is 4.10. The number of rotatable bonds is 19. The number of fused-ring (bicyclic) bond motifs is 6. The van der Waals surface area contributed by atoms with Crippen molar-refractivity contribution >= 4 is 11.9 Å². The molecule has 8 rings (SSSR count). The number of benzene rings is 3. The predicted molar refractivity (Wildman–Crippen MR) is 305 cm³/mol. The lowest BCUT2D eigenvalue weighted by Crippen LogP contribution is -2.66. The predicted octanol–water partition coefficient (Wildman–Crippen LogP) is 7.18. The average molecular weight is 1090 g/mol. The Kier molecular flexibility index (Phi) is 22.4. The standard InChI is InChI=1S/C65H90N2O12/c1-4-5-15-57(71)58(72)29-23-46-22-21-45-12-8-13-49(33-42-10-6-7-11-42)52(45)14-9-32-65(64(3,79)38-43-18-25-50(69)26-19-43)39-44-17-20-48(47(34-44)24-31-61(75)76)35-60(74)53-27-16-41(2)66-63(55(53)37-62(77)78)59(73)30-28-56(67-65)54(46)36-51(70)40-68/h8,12-13,17-20,23,25-26,29,34,41-42,51,53,55-60,63,66-74,79H,4-7,10-11,15-16,21-22,24,27-28,30-33,35-40H2,1-3H3,(H,75,76)(H,77,78)/b29-23+,54-46+/t41-,51-,53+,55-,56+,57-,58+,59+,60+,63+,64-,65+/m0/s1. The molecule has 14 nitrogen and oxygen atoms in total. The van der Waals surface area contributed by atoms with Crippen molar-refractivity contribution in [1.82, 2.24) is 10.6 Å². The number of carboxylic acid groups (broad SMARTS) is 2. The first-order chi connectivity index (χ1) is 37.8. The molecule has 4 aliphatic heterocycles. The van der Waals surface area contributed by atoms with Gasteiger partial charge < -0.3 is 61.7 Å². The summed E-state index contributed by atoms with van der Waals surface area (Å²) < 4.78 is 0. The van der Waals surface area contributed by atoms with Gasteiger partial charge in [0.2, 0.25) is 0 Å². The van der Waals surface area contributed by atoms with Crippen LogP contribution in [0.15, 0.2) is 84.0 Å². The van der Waals surface area contributed by atoms with E-state index in [9.17, 15) is 60.7 Å². The van der Waals surface area contributed by atoms with Gasteiger partial charge in [-0.1, -0.05) is 118 Å². The molecule has 79 heavy (non-hydrogen) atoms. The maximum atomic E-state index is 13.8. The molecular formula is C65H90N2O12. The minimum atomic E-state index is -1.71. The van der Waals surface area contributed by atoms with Gasteiger partial charge in [0.15, 0.2) is 0 Å². The van der Waals surface area contributed by atoms with Crippen molar-refractivity contribution in [2.45, 2.75) is 222 Å². The van der Waals surface area contributed by atoms with E-state index in [1.165, 1.54) is 12.8 Å². The van der Waals surface area contributed by atoms with Crippen molar-refractivity contribution in [2.24, 2.45) is 17.8 Å². The van der Waals surface area contributed by atoms with Gasteiger partial charge in [-0.2, -0.15) is 0 Å². The largest absolute Gasteiger partial charge is 0.508 e. The normalized spacial score (nSPS) is 28.3. The zero-order chi connectivity index (χ0) is 56.9. The summed E-state index contributed by atoms with van der Waals surface area (Å²) in [6.45, 7) is 5.16. The molecule has 0 unspecified atom stereocenters. The van der Waals surface area contributed by atoms with Gasteiger partial charge in [-0.05, 0) is 165 Å². The third kappa shape index (κ3) is 16.6. The van der Waals surface area contributed by atoms with E-state index in [0.29, 0.717) is 72.3 Å². The van der Waals surface area contributed by atoms with Gasteiger partial charge in [0, 0.05) is 43.0 Å². The summed E-state index contributed by atoms with van der Waals surface area (Å²) >= 11 is 0. The highest BCUT2D eigenvalue weighted by molar-refractivity contribution is 5.67. The molecule has 2 fully saturated rings. The highest BCUT2D eigenvalue weighted by atomic mass is 16.4. The third-order valence-electron chi connectivity index (χ3n) is 18.0. The van der Waals surface area contributed by atoms with Crippen molar-refractivity contribution in [1.29, 1.82) is 0 Å². The highest BCUT2D eigenvalue weighted by Gasteiger charge is 2.49. The van der Waals surface area contributed by atoms with Crippen LogP contribution < -0.4 is 10.6 Å². The Hall–Kier alpha value is -4.92. The Morgan fingerprint density at radius 3 is 2.37 bits per heavy atom. The molecule has 3 aromatic rings. The van der Waals surface area contributed by atoms with Gasteiger partial charge in [0.05, 0.1) is 54.7 Å². The molecule has 1 saturated carbocycles. The monoisotopic (exact) mass is 1090 g/mol. The molecule has 432 valence electrons. The molecule has 1 saturated heterocycles. The molecule has 12 atom stereocenters. The van der Waals surface area contributed by atoms with Crippen LogP contribution in [0.25, 0.3) is 0 Å². The van der Waals surface area contributed by atoms with Crippen LogP contribution in [-0.2, 0) is 48.1 Å². The van der Waals surface area contributed by atoms with Crippen molar-refractivity contribution < 1.29 is 60.7 Å². The molecule has 12 N–H and O–H groups in total. The first kappa shape index (κ1) is 61.7. The molecule has 1 aliphatic carbocycles. The Bertz CT molecular complexity index is 2610. The lowest BCUT2D eigenvalue weighted by molar-refractivity contribution is -0.140. The number of allylic oxidation sites excluding steroid dienone is 2. The Morgan fingerprint density at radius 2 is 1.66 bits per heavy atom. The number of phenolic OH excluding ortho intramolecular Hbond substituents is 1. The van der Waals surface area contributed by atoms with Crippen LogP contribution in [0.5, 0.6) is 5.75 Å². The molecule has 14 heteroatoms. The minimum Gasteiger partial charge on any atom is -0.508 e. The first-order valence-corrected chi connectivity index (χ1v) is 29.4. The van der Waals surface area contributed by atoms with Gasteiger partial charge in [-0.25, -0.2) is 0 Å². The van der Waals surface area contributed by atoms with E-state index in [0.717, 1.165) is 47.9 Å². The first-order valence-electron chi connectivity index (χ1n) is 29.4. The molecule has 0 aromatic heterocycles. The van der Waals surface area contributed by atoms with Crippen molar-refractivity contribution in [3.63, 3.8) is 0 Å². The molecule has 0 radical (unpaired) electrons. The smallest absolute Gasteiger partial charge is 0.303 e. The van der Waals surface area contributed by atoms with E-state index in [2.05, 4.69) is 40.7 Å². The summed E-state index contributed by atoms with van der Waals surface area (Å²) in [6, 6.07) is 17.0. The number of unbranched alkanes of at least 4 members (excludes halogenated alkanes) is 1. The fraction of sp³-hybridized carbons (Fsp3) is 0.600. The minimum absolute atomic E-state index is 0.0483. The summed E-state index contributed by atoms with van der Waals surface area (Å²) in [6.07, 6.45) is 7.04. The lowest BCUT2D eigenvalue weighted by atomic mass is 9.69. The number of aromatic hydroxyl groups is 1. The van der Waals surface area contributed by atoms with E-state index in [4.69, 9.17) is 0 Å². The number of aliphatic hydroxyl groups is 7. The second-order valence-corrected chi connectivity index (χ2v) is 24.0. The zero-order valence-electron chi connectivity index (χ0n) is 46.8. The number of phenols is 1. The van der Waals surface area contributed by atoms with Gasteiger partial charge in [0.1, 0.15) is 5.75 Å². The number of nitrogens with one attached hydrogen (secondary N) is 2. The number of carboxylic acids is 2. The van der Waals surface area contributed by atoms with Crippen LogP contribution in [-0.4, -0.2) is 129 Å². The Balaban J connectivity index is 1.55. The average Bonchev–Trinajstić information content (AvgIpc) is 3.95. The Morgan fingerprint density at radius 1 is 0.899 bits per heavy atom. The van der Waals surface area contributed by atoms with E-state index < -0.39 is 84.1 Å². The topological polar surface area (TPSA) is 260 Å². The highest BCUT2D eigenvalue weighted by Crippen LogP contribution is 2.41. The number of aliphatic carboxylic acids is 2. The maximum absolute atomic E-state index is 13.8. The van der Waals surface area contributed by atoms with E-state index in [1.54, 1.807) is 37.3 Å². The fourth-order valence-electron chi connectivity index (χ4n) is 13.4. The molecular weight excluding hydrogens is 1000 g/mol. The van der Waals surface area contributed by atoms with Crippen molar-refractivity contribution in [2.75, 3.05) is 6.61 Å². The number of carbonyl (C=O) groups is 2. The quantitative estimate of drug-likeness (QED) is 0.0531. The van der Waals surface area contributed by atoms with Crippen molar-refractivity contribution in [3.05, 3.63) is 123 Å². The van der Waals surface area contributed by atoms with Crippen LogP contribution >= 0.6 is 0 Å². The molecule has 6 bridgehead atoms. The van der Waals surface area contributed by atoms with E-state index >= 15 is 0 Å². The number of hydrogen-bond acceptors (Lipinski definition) is 12. The number of hydrogen-bond donors (Lipinski definition) is 12. The SMILES string of the molecule is CCCC[C@H](O)[C@H](O)/C=C/C1=C(\C[C@H](O)CO)[C@H]2CC[C@@H](O)[C@@H]3N[C@@H](C)CC[C@H]([C@@H]3CC(=O)O)[C@H](O)Cc3ccc(cc3CCC(=O)O)C[C@@]([C@@](C)(O)Cc3ccc(O)cc3)(CC#Cc3c(cccc3CC3CCCC3)CC1)N2. The summed E-state index contributed by atoms with van der Waals surface area (Å²) in [7, 11) is 0. The number of aliphatic hydroxyl groups excluding tert-OH is 6.